The van der Waals surface area contributed by atoms with Gasteiger partial charge in [-0.15, -0.1) is 0 Å². The Morgan fingerprint density at radius 2 is 1.88 bits per heavy atom. The second-order valence-electron chi connectivity index (χ2n) is 3.42. The smallest absolute Gasteiger partial charge is 0.130 e. The maximum absolute atomic E-state index is 12.9. The fourth-order valence-electron chi connectivity index (χ4n) is 1.36. The van der Waals surface area contributed by atoms with Crippen molar-refractivity contribution in [2.45, 2.75) is 0 Å². The van der Waals surface area contributed by atoms with Crippen LogP contribution in [-0.4, -0.2) is 7.85 Å². The fraction of sp³-hybridized carbons (Fsp3) is 0. The third kappa shape index (κ3) is 2.64. The molecule has 2 nitrogen and oxygen atoms in total. The summed E-state index contributed by atoms with van der Waals surface area (Å²) in [5.74, 6) is 0.443. The summed E-state index contributed by atoms with van der Waals surface area (Å²) in [7, 11) is 5.58. The number of rotatable bonds is 2. The van der Waals surface area contributed by atoms with E-state index in [2.05, 4.69) is 0 Å². The van der Waals surface area contributed by atoms with E-state index in [4.69, 9.17) is 17.8 Å². The van der Waals surface area contributed by atoms with Gasteiger partial charge < -0.3 is 4.74 Å². The Morgan fingerprint density at radius 3 is 2.59 bits per heavy atom. The van der Waals surface area contributed by atoms with E-state index in [1.807, 2.05) is 6.07 Å². The van der Waals surface area contributed by atoms with Gasteiger partial charge in [0, 0.05) is 11.6 Å². The summed E-state index contributed by atoms with van der Waals surface area (Å²) >= 11 is 0. The van der Waals surface area contributed by atoms with Crippen LogP contribution in [0.3, 0.4) is 0 Å². The number of benzene rings is 2. The van der Waals surface area contributed by atoms with Crippen molar-refractivity contribution in [1.29, 1.82) is 5.26 Å². The predicted octanol–water partition coefficient (Wildman–Crippen LogP) is 2.28. The van der Waals surface area contributed by atoms with E-state index in [-0.39, 0.29) is 5.82 Å². The fourth-order valence-corrected chi connectivity index (χ4v) is 1.36. The van der Waals surface area contributed by atoms with Crippen LogP contribution in [0.1, 0.15) is 5.56 Å². The standard InChI is InChI=1S/C13H7BFNO/c14-13-5-4-12(6-9(13)8-16)17-11-3-1-2-10(15)7-11/h1-7H. The van der Waals surface area contributed by atoms with Crippen molar-refractivity contribution in [3.63, 3.8) is 0 Å². The number of nitriles is 1. The van der Waals surface area contributed by atoms with Crippen molar-refractivity contribution in [1.82, 2.24) is 0 Å². The maximum atomic E-state index is 12.9. The average molecular weight is 223 g/mol. The normalized spacial score (nSPS) is 9.65. The number of halogens is 1. The molecule has 80 valence electrons. The molecule has 0 N–H and O–H groups in total. The van der Waals surface area contributed by atoms with Crippen LogP contribution in [0, 0.1) is 17.1 Å². The SMILES string of the molecule is [B]c1ccc(Oc2cccc(F)c2)cc1C#N. The first-order valence-corrected chi connectivity index (χ1v) is 4.92. The molecule has 0 saturated heterocycles. The summed E-state index contributed by atoms with van der Waals surface area (Å²) in [4.78, 5) is 0. The Morgan fingerprint density at radius 1 is 1.12 bits per heavy atom. The Balaban J connectivity index is 2.28. The highest BCUT2D eigenvalue weighted by atomic mass is 19.1. The van der Waals surface area contributed by atoms with E-state index >= 15 is 0 Å². The monoisotopic (exact) mass is 223 g/mol. The molecule has 0 amide bonds. The molecule has 2 radical (unpaired) electrons. The van der Waals surface area contributed by atoms with Crippen molar-refractivity contribution in [2.24, 2.45) is 0 Å². The van der Waals surface area contributed by atoms with Gasteiger partial charge in [-0.25, -0.2) is 4.39 Å². The quantitative estimate of drug-likeness (QED) is 0.731. The zero-order valence-corrected chi connectivity index (χ0v) is 8.85. The van der Waals surface area contributed by atoms with E-state index in [1.165, 1.54) is 18.2 Å². The minimum absolute atomic E-state index is 0.332. The van der Waals surface area contributed by atoms with Crippen LogP contribution in [0.4, 0.5) is 4.39 Å². The first-order valence-electron chi connectivity index (χ1n) is 4.92. The first kappa shape index (κ1) is 11.2. The summed E-state index contributed by atoms with van der Waals surface area (Å²) in [5.41, 5.74) is 0.720. The molecular weight excluding hydrogens is 216 g/mol. The van der Waals surface area contributed by atoms with Crippen LogP contribution >= 0.6 is 0 Å². The molecule has 2 rings (SSSR count). The van der Waals surface area contributed by atoms with Gasteiger partial charge in [-0.05, 0) is 24.3 Å². The van der Waals surface area contributed by atoms with Crippen molar-refractivity contribution in [2.75, 3.05) is 0 Å². The highest BCUT2D eigenvalue weighted by Gasteiger charge is 2.02. The van der Waals surface area contributed by atoms with Crippen molar-refractivity contribution in [3.8, 4) is 17.6 Å². The van der Waals surface area contributed by atoms with Gasteiger partial charge in [-0.3, -0.25) is 0 Å². The van der Waals surface area contributed by atoms with Crippen LogP contribution in [0.15, 0.2) is 42.5 Å². The van der Waals surface area contributed by atoms with Crippen molar-refractivity contribution < 1.29 is 9.13 Å². The van der Waals surface area contributed by atoms with Gasteiger partial charge in [-0.1, -0.05) is 17.6 Å². The van der Waals surface area contributed by atoms with Gasteiger partial charge in [0.1, 0.15) is 25.2 Å². The van der Waals surface area contributed by atoms with Gasteiger partial charge in [0.2, 0.25) is 0 Å². The lowest BCUT2D eigenvalue weighted by Crippen LogP contribution is -2.06. The molecule has 0 aromatic heterocycles. The molecule has 0 aliphatic carbocycles. The Hall–Kier alpha value is -2.28. The van der Waals surface area contributed by atoms with Crippen LogP contribution in [0.25, 0.3) is 0 Å². The topological polar surface area (TPSA) is 33.0 Å². The molecule has 17 heavy (non-hydrogen) atoms. The molecule has 0 bridgehead atoms. The number of nitrogens with zero attached hydrogens (tertiary/aromatic N) is 1. The summed E-state index contributed by atoms with van der Waals surface area (Å²) in [6.45, 7) is 0. The van der Waals surface area contributed by atoms with E-state index in [9.17, 15) is 4.39 Å². The van der Waals surface area contributed by atoms with Crippen LogP contribution < -0.4 is 10.2 Å². The van der Waals surface area contributed by atoms with Crippen LogP contribution in [0.5, 0.6) is 11.5 Å². The molecule has 2 aromatic rings. The summed E-state index contributed by atoms with van der Waals surface area (Å²) in [6.07, 6.45) is 0. The second-order valence-corrected chi connectivity index (χ2v) is 3.42. The van der Waals surface area contributed by atoms with E-state index in [1.54, 1.807) is 24.3 Å². The Kier molecular flexibility index (Phi) is 3.11. The zero-order valence-electron chi connectivity index (χ0n) is 8.85. The predicted molar refractivity (Wildman–Crippen MR) is 63.0 cm³/mol. The van der Waals surface area contributed by atoms with Gasteiger partial charge >= 0.3 is 0 Å². The molecule has 0 atom stereocenters. The highest BCUT2D eigenvalue weighted by Crippen LogP contribution is 2.21. The Labute approximate surface area is 99.7 Å². The number of hydrogen-bond donors (Lipinski definition) is 0. The van der Waals surface area contributed by atoms with E-state index < -0.39 is 0 Å². The maximum Gasteiger partial charge on any atom is 0.130 e. The largest absolute Gasteiger partial charge is 0.457 e. The minimum atomic E-state index is -0.376. The summed E-state index contributed by atoms with van der Waals surface area (Å²) < 4.78 is 18.3. The lowest BCUT2D eigenvalue weighted by atomic mass is 9.91. The Bertz CT molecular complexity index is 592. The molecule has 0 unspecified atom stereocenters. The average Bonchev–Trinajstić information content (AvgIpc) is 2.32. The number of ether oxygens (including phenoxy) is 1. The summed E-state index contributed by atoms with van der Waals surface area (Å²) in [6, 6.07) is 12.4. The molecule has 0 spiro atoms. The van der Waals surface area contributed by atoms with Crippen molar-refractivity contribution in [3.05, 3.63) is 53.8 Å². The summed E-state index contributed by atoms with van der Waals surface area (Å²) in [5, 5.41) is 8.81. The molecule has 0 aliphatic heterocycles. The minimum Gasteiger partial charge on any atom is -0.457 e. The lowest BCUT2D eigenvalue weighted by Gasteiger charge is -2.07. The molecule has 2 aromatic carbocycles. The van der Waals surface area contributed by atoms with Gasteiger partial charge in [0.25, 0.3) is 0 Å². The lowest BCUT2D eigenvalue weighted by molar-refractivity contribution is 0.477. The molecule has 0 heterocycles. The van der Waals surface area contributed by atoms with Crippen molar-refractivity contribution >= 4 is 13.3 Å². The highest BCUT2D eigenvalue weighted by molar-refractivity contribution is 6.33. The van der Waals surface area contributed by atoms with Crippen LogP contribution in [0.2, 0.25) is 0 Å². The molecule has 0 fully saturated rings. The number of hydrogen-bond acceptors (Lipinski definition) is 2. The second kappa shape index (κ2) is 4.71. The molecular formula is C13H7BFNO. The van der Waals surface area contributed by atoms with E-state index in [0.29, 0.717) is 22.5 Å². The zero-order chi connectivity index (χ0) is 12.3. The van der Waals surface area contributed by atoms with Gasteiger partial charge in [0.05, 0.1) is 6.07 Å². The molecule has 0 aliphatic rings. The van der Waals surface area contributed by atoms with E-state index in [0.717, 1.165) is 0 Å². The van der Waals surface area contributed by atoms with Gasteiger partial charge in [-0.2, -0.15) is 5.26 Å². The first-order chi connectivity index (χ1) is 8.19. The third-order valence-electron chi connectivity index (χ3n) is 2.18. The van der Waals surface area contributed by atoms with Crippen LogP contribution in [-0.2, 0) is 0 Å². The molecule has 4 heteroatoms. The third-order valence-corrected chi connectivity index (χ3v) is 2.18. The molecule has 0 saturated carbocycles. The van der Waals surface area contributed by atoms with Gasteiger partial charge in [0.15, 0.2) is 0 Å².